The van der Waals surface area contributed by atoms with E-state index in [0.717, 1.165) is 11.4 Å². The zero-order chi connectivity index (χ0) is 11.4. The number of rotatable bonds is 4. The molecule has 15 heavy (non-hydrogen) atoms. The maximum Gasteiger partial charge on any atom is 0.243 e. The molecule has 1 unspecified atom stereocenters. The summed E-state index contributed by atoms with van der Waals surface area (Å²) in [7, 11) is 0. The minimum absolute atomic E-state index is 0.0495. The molecule has 1 heterocycles. The summed E-state index contributed by atoms with van der Waals surface area (Å²) in [6.45, 7) is 9.99. The van der Waals surface area contributed by atoms with Gasteiger partial charge >= 0.3 is 0 Å². The van der Waals surface area contributed by atoms with Crippen molar-refractivity contribution < 1.29 is 4.79 Å². The number of nitrogens with one attached hydrogen (secondary N) is 1. The first kappa shape index (κ1) is 11.5. The lowest BCUT2D eigenvalue weighted by atomic mass is 10.3. The van der Waals surface area contributed by atoms with E-state index in [9.17, 15) is 4.79 Å². The summed E-state index contributed by atoms with van der Waals surface area (Å²) in [4.78, 5) is 11.0. The maximum absolute atomic E-state index is 11.0. The fourth-order valence-corrected chi connectivity index (χ4v) is 1.47. The van der Waals surface area contributed by atoms with E-state index < -0.39 is 0 Å². The molecule has 0 saturated heterocycles. The Morgan fingerprint density at radius 1 is 1.73 bits per heavy atom. The topological polar surface area (TPSA) is 46.9 Å². The minimum Gasteiger partial charge on any atom is -0.348 e. The molecule has 82 valence electrons. The monoisotopic (exact) mass is 207 g/mol. The van der Waals surface area contributed by atoms with Crippen LogP contribution in [0.1, 0.15) is 18.3 Å². The highest BCUT2D eigenvalue weighted by Crippen LogP contribution is 2.02. The summed E-state index contributed by atoms with van der Waals surface area (Å²) in [5, 5.41) is 7.12. The van der Waals surface area contributed by atoms with Crippen molar-refractivity contribution >= 4 is 5.91 Å². The first-order valence-electron chi connectivity index (χ1n) is 4.97. The average Bonchev–Trinajstić information content (AvgIpc) is 2.44. The van der Waals surface area contributed by atoms with Crippen molar-refractivity contribution in [2.45, 2.75) is 33.4 Å². The Balaban J connectivity index is 2.58. The highest BCUT2D eigenvalue weighted by atomic mass is 16.1. The number of hydrogen-bond donors (Lipinski definition) is 1. The summed E-state index contributed by atoms with van der Waals surface area (Å²) in [6, 6.07) is 2.07. The van der Waals surface area contributed by atoms with E-state index in [1.807, 2.05) is 31.5 Å². The van der Waals surface area contributed by atoms with Gasteiger partial charge in [-0.15, -0.1) is 0 Å². The summed E-state index contributed by atoms with van der Waals surface area (Å²) >= 11 is 0. The third kappa shape index (κ3) is 3.23. The summed E-state index contributed by atoms with van der Waals surface area (Å²) in [5.41, 5.74) is 2.10. The molecule has 1 amide bonds. The van der Waals surface area contributed by atoms with Crippen LogP contribution in [0.25, 0.3) is 0 Å². The van der Waals surface area contributed by atoms with Gasteiger partial charge in [-0.1, -0.05) is 6.58 Å². The van der Waals surface area contributed by atoms with Crippen molar-refractivity contribution in [2.75, 3.05) is 0 Å². The third-order valence-corrected chi connectivity index (χ3v) is 2.12. The van der Waals surface area contributed by atoms with Gasteiger partial charge in [0.15, 0.2) is 0 Å². The molecular formula is C11H17N3O. The van der Waals surface area contributed by atoms with Gasteiger partial charge in [0, 0.05) is 11.7 Å². The van der Waals surface area contributed by atoms with Crippen LogP contribution < -0.4 is 5.32 Å². The third-order valence-electron chi connectivity index (χ3n) is 2.12. The molecule has 1 N–H and O–H groups in total. The number of nitrogens with zero attached hydrogens (tertiary/aromatic N) is 2. The standard InChI is InChI=1S/C11H17N3O/c1-5-11(15)12-9(3)7-14-10(4)6-8(2)13-14/h5-6,9H,1,7H2,2-4H3,(H,12,15). The second-order valence-corrected chi connectivity index (χ2v) is 3.72. The predicted octanol–water partition coefficient (Wildman–Crippen LogP) is 1.19. The van der Waals surface area contributed by atoms with Crippen molar-refractivity contribution in [2.24, 2.45) is 0 Å². The lowest BCUT2D eigenvalue weighted by Crippen LogP contribution is -2.34. The fourth-order valence-electron chi connectivity index (χ4n) is 1.47. The van der Waals surface area contributed by atoms with Gasteiger partial charge in [-0.05, 0) is 32.9 Å². The van der Waals surface area contributed by atoms with Crippen LogP contribution in [0.4, 0.5) is 0 Å². The number of hydrogen-bond acceptors (Lipinski definition) is 2. The smallest absolute Gasteiger partial charge is 0.243 e. The molecule has 0 fully saturated rings. The predicted molar refractivity (Wildman–Crippen MR) is 59.5 cm³/mol. The van der Waals surface area contributed by atoms with Gasteiger partial charge < -0.3 is 5.32 Å². The SMILES string of the molecule is C=CC(=O)NC(C)Cn1nc(C)cc1C. The quantitative estimate of drug-likeness (QED) is 0.754. The van der Waals surface area contributed by atoms with E-state index >= 15 is 0 Å². The Morgan fingerprint density at radius 2 is 2.40 bits per heavy atom. The number of carbonyl (C=O) groups is 1. The Morgan fingerprint density at radius 3 is 2.87 bits per heavy atom. The first-order valence-corrected chi connectivity index (χ1v) is 4.97. The van der Waals surface area contributed by atoms with Gasteiger partial charge in [0.1, 0.15) is 0 Å². The summed E-state index contributed by atoms with van der Waals surface area (Å²) in [5.74, 6) is -0.149. The molecule has 0 aromatic carbocycles. The number of aromatic nitrogens is 2. The molecule has 0 aliphatic rings. The van der Waals surface area contributed by atoms with Gasteiger partial charge in [0.25, 0.3) is 0 Å². The van der Waals surface area contributed by atoms with Gasteiger partial charge in [0.05, 0.1) is 12.2 Å². The molecule has 1 rings (SSSR count). The van der Waals surface area contributed by atoms with Crippen LogP contribution in [0.5, 0.6) is 0 Å². The second-order valence-electron chi connectivity index (χ2n) is 3.72. The van der Waals surface area contributed by atoms with Crippen LogP contribution >= 0.6 is 0 Å². The zero-order valence-corrected chi connectivity index (χ0v) is 9.45. The molecule has 0 saturated carbocycles. The van der Waals surface area contributed by atoms with Crippen molar-refractivity contribution in [3.05, 3.63) is 30.1 Å². The number of aryl methyl sites for hydroxylation is 2. The van der Waals surface area contributed by atoms with E-state index in [1.165, 1.54) is 6.08 Å². The molecule has 1 aromatic rings. The highest BCUT2D eigenvalue weighted by molar-refractivity contribution is 5.87. The maximum atomic E-state index is 11.0. The Kier molecular flexibility index (Phi) is 3.66. The lowest BCUT2D eigenvalue weighted by molar-refractivity contribution is -0.117. The number of amides is 1. The molecular weight excluding hydrogens is 190 g/mol. The molecule has 0 aliphatic heterocycles. The van der Waals surface area contributed by atoms with Gasteiger partial charge in [-0.3, -0.25) is 9.48 Å². The van der Waals surface area contributed by atoms with Crippen LogP contribution in [-0.2, 0) is 11.3 Å². The average molecular weight is 207 g/mol. The molecule has 0 aliphatic carbocycles. The first-order chi connectivity index (χ1) is 7.02. The summed E-state index contributed by atoms with van der Waals surface area (Å²) in [6.07, 6.45) is 1.28. The van der Waals surface area contributed by atoms with Gasteiger partial charge in [-0.25, -0.2) is 0 Å². The lowest BCUT2D eigenvalue weighted by Gasteiger charge is -2.13. The molecule has 0 radical (unpaired) electrons. The largest absolute Gasteiger partial charge is 0.348 e. The number of carbonyl (C=O) groups excluding carboxylic acids is 1. The van der Waals surface area contributed by atoms with Crippen molar-refractivity contribution in [1.29, 1.82) is 0 Å². The van der Waals surface area contributed by atoms with Gasteiger partial charge in [-0.2, -0.15) is 5.10 Å². The van der Waals surface area contributed by atoms with E-state index in [4.69, 9.17) is 0 Å². The highest BCUT2D eigenvalue weighted by Gasteiger charge is 2.07. The van der Waals surface area contributed by atoms with E-state index in [-0.39, 0.29) is 11.9 Å². The van der Waals surface area contributed by atoms with E-state index in [1.54, 1.807) is 0 Å². The normalized spacial score (nSPS) is 12.2. The molecule has 1 atom stereocenters. The van der Waals surface area contributed by atoms with Gasteiger partial charge in [0.2, 0.25) is 5.91 Å². The molecule has 4 nitrogen and oxygen atoms in total. The minimum atomic E-state index is -0.149. The molecule has 0 spiro atoms. The van der Waals surface area contributed by atoms with Crippen molar-refractivity contribution in [1.82, 2.24) is 15.1 Å². The Bertz CT molecular complexity index is 368. The van der Waals surface area contributed by atoms with Crippen molar-refractivity contribution in [3.8, 4) is 0 Å². The second kappa shape index (κ2) is 4.77. The van der Waals surface area contributed by atoms with Crippen LogP contribution in [0.15, 0.2) is 18.7 Å². The van der Waals surface area contributed by atoms with E-state index in [2.05, 4.69) is 17.0 Å². The molecule has 0 bridgehead atoms. The van der Waals surface area contributed by atoms with Crippen molar-refractivity contribution in [3.63, 3.8) is 0 Å². The van der Waals surface area contributed by atoms with Crippen LogP contribution in [0, 0.1) is 13.8 Å². The van der Waals surface area contributed by atoms with Crippen LogP contribution in [0.3, 0.4) is 0 Å². The fraction of sp³-hybridized carbons (Fsp3) is 0.455. The molecule has 4 heteroatoms. The zero-order valence-electron chi connectivity index (χ0n) is 9.45. The Labute approximate surface area is 90.0 Å². The molecule has 1 aromatic heterocycles. The van der Waals surface area contributed by atoms with Crippen LogP contribution in [0.2, 0.25) is 0 Å². The summed E-state index contributed by atoms with van der Waals surface area (Å²) < 4.78 is 1.89. The van der Waals surface area contributed by atoms with Crippen LogP contribution in [-0.4, -0.2) is 21.7 Å². The van der Waals surface area contributed by atoms with E-state index in [0.29, 0.717) is 6.54 Å². The Hall–Kier alpha value is -1.58.